The number of pyridine rings is 2. The normalized spacial score (nSPS) is 17.5. The van der Waals surface area contributed by atoms with Gasteiger partial charge in [-0.05, 0) is 24.6 Å². The maximum Gasteiger partial charge on any atom is 0.231 e. The van der Waals surface area contributed by atoms with Crippen molar-refractivity contribution in [3.8, 4) is 22.8 Å². The Morgan fingerprint density at radius 1 is 1.29 bits per heavy atom. The van der Waals surface area contributed by atoms with Crippen LogP contribution >= 0.6 is 11.6 Å². The Hall–Kier alpha value is -2.69. The minimum absolute atomic E-state index is 0.251. The average molecular weight is 521 g/mol. The summed E-state index contributed by atoms with van der Waals surface area (Å²) in [7, 11) is 1.81. The third-order valence-electron chi connectivity index (χ3n) is 5.87. The molecule has 35 heavy (non-hydrogen) atoms. The van der Waals surface area contributed by atoms with Gasteiger partial charge in [-0.2, -0.15) is 0 Å². The first kappa shape index (κ1) is 25.4. The molecule has 188 valence electrons. The van der Waals surface area contributed by atoms with Crippen LogP contribution in [0.3, 0.4) is 0 Å². The van der Waals surface area contributed by atoms with Crippen LogP contribution in [0.15, 0.2) is 24.5 Å². The molecule has 1 aliphatic rings. The smallest absolute Gasteiger partial charge is 0.231 e. The number of aromatic nitrogens is 3. The molecule has 8 nitrogen and oxygen atoms in total. The first-order valence-corrected chi connectivity index (χ1v) is 15.5. The predicted molar refractivity (Wildman–Crippen MR) is 137 cm³/mol. The standard InChI is InChI=1S/C24H30ClFN4O4Si/c1-32-21-17(25)11-27-24(33-2)20(21)16-12-30(13-34-8-9-35(3,4)5)22-14(16)6-7-19(28-22)29-23(31)15-10-18(15)26/h6-7,11-12,15,18H,8-10,13H2,1-5H3,(H,28,29,31)/t15-,18+/m1/s1. The fourth-order valence-electron chi connectivity index (χ4n) is 3.77. The second kappa shape index (κ2) is 10.1. The summed E-state index contributed by atoms with van der Waals surface area (Å²) in [5.41, 5.74) is 1.92. The SMILES string of the molecule is COc1ncc(Cl)c(OC)c1-c1cn(COCC[Si](C)(C)C)c2nc(NC(=O)[C@@H]3C[C@@H]3F)ccc12. The lowest BCUT2D eigenvalue weighted by atomic mass is 10.1. The van der Waals surface area contributed by atoms with Gasteiger partial charge >= 0.3 is 0 Å². The van der Waals surface area contributed by atoms with E-state index in [0.29, 0.717) is 40.3 Å². The van der Waals surface area contributed by atoms with Gasteiger partial charge in [0.2, 0.25) is 11.8 Å². The number of anilines is 1. The fourth-order valence-corrected chi connectivity index (χ4v) is 4.75. The van der Waals surface area contributed by atoms with Crippen molar-refractivity contribution in [2.45, 2.75) is 45.0 Å². The van der Waals surface area contributed by atoms with E-state index in [0.717, 1.165) is 17.0 Å². The second-order valence-corrected chi connectivity index (χ2v) is 15.8. The Morgan fingerprint density at radius 2 is 2.03 bits per heavy atom. The molecule has 2 atom stereocenters. The van der Waals surface area contributed by atoms with Crippen LogP contribution in [0, 0.1) is 5.92 Å². The van der Waals surface area contributed by atoms with E-state index in [2.05, 4.69) is 34.9 Å². The summed E-state index contributed by atoms with van der Waals surface area (Å²) in [6, 6.07) is 4.55. The molecule has 0 spiro atoms. The molecule has 3 aromatic rings. The van der Waals surface area contributed by atoms with Crippen LogP contribution in [0.4, 0.5) is 10.2 Å². The van der Waals surface area contributed by atoms with Crippen LogP contribution in [0.25, 0.3) is 22.2 Å². The quantitative estimate of drug-likeness (QED) is 0.285. The number of carbonyl (C=O) groups is 1. The highest BCUT2D eigenvalue weighted by atomic mass is 35.5. The summed E-state index contributed by atoms with van der Waals surface area (Å²) in [4.78, 5) is 21.2. The molecule has 0 saturated heterocycles. The van der Waals surface area contributed by atoms with E-state index in [1.807, 2.05) is 16.8 Å². The average Bonchev–Trinajstić information content (AvgIpc) is 3.44. The van der Waals surface area contributed by atoms with Crippen LogP contribution in [0.5, 0.6) is 11.6 Å². The summed E-state index contributed by atoms with van der Waals surface area (Å²) in [6.45, 7) is 7.78. The third-order valence-corrected chi connectivity index (χ3v) is 7.84. The number of carbonyl (C=O) groups excluding carboxylic acids is 1. The van der Waals surface area contributed by atoms with Gasteiger partial charge in [-0.3, -0.25) is 4.79 Å². The lowest BCUT2D eigenvalue weighted by Gasteiger charge is -2.15. The van der Waals surface area contributed by atoms with E-state index in [-0.39, 0.29) is 19.1 Å². The zero-order chi connectivity index (χ0) is 25.3. The maximum atomic E-state index is 13.3. The lowest BCUT2D eigenvalue weighted by molar-refractivity contribution is -0.117. The number of hydrogen-bond acceptors (Lipinski definition) is 6. The fraction of sp³-hybridized carbons (Fsp3) is 0.458. The van der Waals surface area contributed by atoms with E-state index < -0.39 is 20.2 Å². The number of rotatable bonds is 10. The molecule has 1 aliphatic carbocycles. The molecule has 1 saturated carbocycles. The largest absolute Gasteiger partial charge is 0.494 e. The molecule has 11 heteroatoms. The number of halogens is 2. The first-order chi connectivity index (χ1) is 16.6. The van der Waals surface area contributed by atoms with Crippen LogP contribution in [-0.2, 0) is 16.3 Å². The second-order valence-electron chi connectivity index (χ2n) is 9.80. The van der Waals surface area contributed by atoms with E-state index in [1.165, 1.54) is 20.4 Å². The molecule has 1 amide bonds. The Kier molecular flexibility index (Phi) is 7.34. The van der Waals surface area contributed by atoms with Crippen LogP contribution < -0.4 is 14.8 Å². The van der Waals surface area contributed by atoms with Crippen molar-refractivity contribution in [3.63, 3.8) is 0 Å². The van der Waals surface area contributed by atoms with Gasteiger partial charge in [0.25, 0.3) is 0 Å². The Morgan fingerprint density at radius 3 is 2.66 bits per heavy atom. The van der Waals surface area contributed by atoms with Gasteiger partial charge in [-0.25, -0.2) is 14.4 Å². The molecular weight excluding hydrogens is 491 g/mol. The topological polar surface area (TPSA) is 87.5 Å². The van der Waals surface area contributed by atoms with Crippen molar-refractivity contribution < 1.29 is 23.4 Å². The molecule has 3 heterocycles. The minimum atomic E-state index is -1.25. The monoisotopic (exact) mass is 520 g/mol. The van der Waals surface area contributed by atoms with Gasteiger partial charge in [0.05, 0.1) is 31.9 Å². The number of methoxy groups -OCH3 is 2. The Bertz CT molecular complexity index is 1250. The number of nitrogens with zero attached hydrogens (tertiary/aromatic N) is 3. The summed E-state index contributed by atoms with van der Waals surface area (Å²) in [6.07, 6.45) is 2.53. The van der Waals surface area contributed by atoms with Crippen LogP contribution in [0.2, 0.25) is 30.7 Å². The van der Waals surface area contributed by atoms with E-state index in [4.69, 9.17) is 25.8 Å². The highest BCUT2D eigenvalue weighted by Gasteiger charge is 2.43. The van der Waals surface area contributed by atoms with Crippen LogP contribution in [-0.4, -0.2) is 55.5 Å². The number of fused-ring (bicyclic) bond motifs is 1. The van der Waals surface area contributed by atoms with Gasteiger partial charge in [0, 0.05) is 31.8 Å². The zero-order valence-corrected chi connectivity index (χ0v) is 22.3. The molecule has 1 fully saturated rings. The van der Waals surface area contributed by atoms with E-state index in [1.54, 1.807) is 6.07 Å². The summed E-state index contributed by atoms with van der Waals surface area (Å²) >= 11 is 6.38. The minimum Gasteiger partial charge on any atom is -0.494 e. The van der Waals surface area contributed by atoms with Crippen molar-refractivity contribution in [3.05, 3.63) is 29.5 Å². The Balaban J connectivity index is 1.75. The van der Waals surface area contributed by atoms with Crippen LogP contribution in [0.1, 0.15) is 6.42 Å². The number of nitrogens with one attached hydrogen (secondary N) is 1. The molecule has 0 unspecified atom stereocenters. The van der Waals surface area contributed by atoms with Crippen molar-refractivity contribution in [2.75, 3.05) is 26.1 Å². The van der Waals surface area contributed by atoms with Gasteiger partial charge in [0.15, 0.2) is 5.75 Å². The molecule has 1 N–H and O–H groups in total. The third kappa shape index (κ3) is 5.60. The summed E-state index contributed by atoms with van der Waals surface area (Å²) in [5, 5.41) is 3.84. The number of amides is 1. The number of ether oxygens (including phenoxy) is 3. The van der Waals surface area contributed by atoms with Crippen molar-refractivity contribution in [1.29, 1.82) is 0 Å². The van der Waals surface area contributed by atoms with Gasteiger partial charge in [-0.1, -0.05) is 31.2 Å². The van der Waals surface area contributed by atoms with Gasteiger partial charge < -0.3 is 24.1 Å². The van der Waals surface area contributed by atoms with E-state index in [9.17, 15) is 9.18 Å². The van der Waals surface area contributed by atoms with E-state index >= 15 is 0 Å². The highest BCUT2D eigenvalue weighted by Crippen LogP contribution is 2.44. The Labute approximate surface area is 209 Å². The molecule has 0 aromatic carbocycles. The van der Waals surface area contributed by atoms with Gasteiger partial charge in [-0.15, -0.1) is 0 Å². The number of hydrogen-bond donors (Lipinski definition) is 1. The molecule has 4 rings (SSSR count). The molecule has 3 aromatic heterocycles. The van der Waals surface area contributed by atoms with Gasteiger partial charge in [0.1, 0.15) is 29.4 Å². The highest BCUT2D eigenvalue weighted by molar-refractivity contribution is 6.76. The zero-order valence-electron chi connectivity index (χ0n) is 20.5. The number of alkyl halides is 1. The maximum absolute atomic E-state index is 13.3. The predicted octanol–water partition coefficient (Wildman–Crippen LogP) is 5.38. The lowest BCUT2D eigenvalue weighted by Crippen LogP contribution is -2.22. The van der Waals surface area contributed by atoms with Crippen molar-refractivity contribution in [1.82, 2.24) is 14.5 Å². The summed E-state index contributed by atoms with van der Waals surface area (Å²) in [5.74, 6) is 0.155. The summed E-state index contributed by atoms with van der Waals surface area (Å²) < 4.78 is 32.3. The van der Waals surface area contributed by atoms with Crippen molar-refractivity contribution in [2.24, 2.45) is 5.92 Å². The molecular formula is C24H30ClFN4O4Si. The van der Waals surface area contributed by atoms with Crippen molar-refractivity contribution >= 4 is 42.4 Å². The molecule has 0 bridgehead atoms. The first-order valence-electron chi connectivity index (χ1n) is 11.4. The molecule has 0 radical (unpaired) electrons. The molecule has 0 aliphatic heterocycles.